The Labute approximate surface area is 130 Å². The third-order valence-electron chi connectivity index (χ3n) is 5.76. The van der Waals surface area contributed by atoms with Gasteiger partial charge in [-0.2, -0.15) is 8.78 Å². The summed E-state index contributed by atoms with van der Waals surface area (Å²) in [4.78, 5) is 14.3. The van der Waals surface area contributed by atoms with Gasteiger partial charge < -0.3 is 15.3 Å². The van der Waals surface area contributed by atoms with Gasteiger partial charge in [0.05, 0.1) is 0 Å². The fourth-order valence-corrected chi connectivity index (χ4v) is 3.99. The smallest absolute Gasteiger partial charge is 0.352 e. The molecule has 0 atom stereocenters. The minimum absolute atomic E-state index is 0.00748. The van der Waals surface area contributed by atoms with Crippen molar-refractivity contribution in [2.75, 3.05) is 13.1 Å². The number of aliphatic hydroxyl groups is 1. The molecule has 2 aliphatic carbocycles. The van der Waals surface area contributed by atoms with E-state index in [1.165, 1.54) is 25.7 Å². The molecule has 0 bridgehead atoms. The van der Waals surface area contributed by atoms with Crippen LogP contribution in [0.2, 0.25) is 0 Å². The molecule has 1 saturated heterocycles. The average molecular weight is 316 g/mol. The lowest BCUT2D eigenvalue weighted by Crippen LogP contribution is -2.62. The number of alkyl halides is 2. The van der Waals surface area contributed by atoms with Crippen molar-refractivity contribution in [2.24, 2.45) is 0 Å². The Morgan fingerprint density at radius 3 is 2.18 bits per heavy atom. The van der Waals surface area contributed by atoms with Crippen molar-refractivity contribution in [2.45, 2.75) is 81.4 Å². The van der Waals surface area contributed by atoms with E-state index in [1.807, 2.05) is 0 Å². The topological polar surface area (TPSA) is 52.6 Å². The predicted octanol–water partition coefficient (Wildman–Crippen LogP) is 2.06. The van der Waals surface area contributed by atoms with Crippen LogP contribution >= 0.6 is 0 Å². The molecule has 2 saturated carbocycles. The van der Waals surface area contributed by atoms with Gasteiger partial charge in [-0.1, -0.05) is 12.8 Å². The zero-order valence-corrected chi connectivity index (χ0v) is 13.0. The van der Waals surface area contributed by atoms with Crippen LogP contribution in [0.4, 0.5) is 8.78 Å². The maximum atomic E-state index is 14.1. The van der Waals surface area contributed by atoms with Crippen LogP contribution in [0, 0.1) is 0 Å². The number of likely N-dealkylation sites (tertiary alicyclic amines) is 1. The van der Waals surface area contributed by atoms with E-state index in [0.717, 1.165) is 25.9 Å². The van der Waals surface area contributed by atoms with Gasteiger partial charge in [0.15, 0.2) is 0 Å². The van der Waals surface area contributed by atoms with Gasteiger partial charge in [-0.15, -0.1) is 0 Å². The van der Waals surface area contributed by atoms with Gasteiger partial charge in [-0.3, -0.25) is 4.79 Å². The molecule has 1 amide bonds. The monoisotopic (exact) mass is 316 g/mol. The average Bonchev–Trinajstić information content (AvgIpc) is 2.99. The van der Waals surface area contributed by atoms with E-state index < -0.39 is 17.4 Å². The molecule has 0 radical (unpaired) electrons. The van der Waals surface area contributed by atoms with Crippen LogP contribution in [-0.4, -0.2) is 52.6 Å². The number of halogens is 2. The number of carbonyl (C=O) groups is 1. The Balaban J connectivity index is 1.48. The van der Waals surface area contributed by atoms with Crippen molar-refractivity contribution in [3.8, 4) is 0 Å². The van der Waals surface area contributed by atoms with Crippen LogP contribution in [0.25, 0.3) is 0 Å². The zero-order chi connectivity index (χ0) is 15.8. The van der Waals surface area contributed by atoms with Crippen molar-refractivity contribution < 1.29 is 18.7 Å². The molecule has 2 N–H and O–H groups in total. The molecular formula is C16H26F2N2O2. The molecule has 126 valence electrons. The summed E-state index contributed by atoms with van der Waals surface area (Å²) in [5.41, 5.74) is -2.12. The lowest BCUT2D eigenvalue weighted by molar-refractivity contribution is -0.216. The van der Waals surface area contributed by atoms with Crippen LogP contribution < -0.4 is 5.32 Å². The summed E-state index contributed by atoms with van der Waals surface area (Å²) in [5, 5.41) is 12.3. The van der Waals surface area contributed by atoms with Gasteiger partial charge in [0, 0.05) is 25.2 Å². The first-order valence-electron chi connectivity index (χ1n) is 8.58. The molecule has 4 nitrogen and oxygen atoms in total. The number of carbonyl (C=O) groups excluding carboxylic acids is 1. The largest absolute Gasteiger partial charge is 0.383 e. The molecule has 3 aliphatic rings. The SMILES string of the molecule is O=C(NC1CCN(C2CCCC2)CC1)C(F)(F)C1(O)CCC1. The predicted molar refractivity (Wildman–Crippen MR) is 78.7 cm³/mol. The highest BCUT2D eigenvalue weighted by atomic mass is 19.3. The number of nitrogens with zero attached hydrogens (tertiary/aromatic N) is 1. The van der Waals surface area contributed by atoms with E-state index in [9.17, 15) is 18.7 Å². The minimum Gasteiger partial charge on any atom is -0.383 e. The molecule has 3 fully saturated rings. The maximum Gasteiger partial charge on any atom is 0.352 e. The lowest BCUT2D eigenvalue weighted by atomic mass is 9.75. The Morgan fingerprint density at radius 2 is 1.68 bits per heavy atom. The van der Waals surface area contributed by atoms with E-state index in [2.05, 4.69) is 10.2 Å². The van der Waals surface area contributed by atoms with Crippen LogP contribution in [0.15, 0.2) is 0 Å². The Morgan fingerprint density at radius 1 is 1.09 bits per heavy atom. The molecule has 3 rings (SSSR count). The summed E-state index contributed by atoms with van der Waals surface area (Å²) >= 11 is 0. The fraction of sp³-hybridized carbons (Fsp3) is 0.938. The van der Waals surface area contributed by atoms with Crippen LogP contribution in [0.1, 0.15) is 57.8 Å². The van der Waals surface area contributed by atoms with Crippen molar-refractivity contribution in [1.29, 1.82) is 0 Å². The Bertz CT molecular complexity index is 412. The molecule has 0 spiro atoms. The summed E-state index contributed by atoms with van der Waals surface area (Å²) in [7, 11) is 0. The third kappa shape index (κ3) is 2.87. The second kappa shape index (κ2) is 6.04. The van der Waals surface area contributed by atoms with Gasteiger partial charge in [-0.05, 0) is 44.9 Å². The highest BCUT2D eigenvalue weighted by molar-refractivity contribution is 5.85. The quantitative estimate of drug-likeness (QED) is 0.835. The first-order valence-corrected chi connectivity index (χ1v) is 8.58. The number of rotatable bonds is 4. The van der Waals surface area contributed by atoms with Gasteiger partial charge in [0.25, 0.3) is 5.91 Å². The van der Waals surface area contributed by atoms with E-state index in [-0.39, 0.29) is 18.9 Å². The Kier molecular flexibility index (Phi) is 4.42. The number of amides is 1. The standard InChI is InChI=1S/C16H26F2N2O2/c17-16(18,15(22)8-3-9-15)14(21)19-12-6-10-20(11-7-12)13-4-1-2-5-13/h12-13,22H,1-11H2,(H,19,21). The molecule has 0 aromatic heterocycles. The number of hydrogen-bond donors (Lipinski definition) is 2. The number of nitrogens with one attached hydrogen (secondary N) is 1. The summed E-state index contributed by atoms with van der Waals surface area (Å²) in [6, 6.07) is 0.452. The van der Waals surface area contributed by atoms with E-state index in [4.69, 9.17) is 0 Å². The molecule has 1 aliphatic heterocycles. The summed E-state index contributed by atoms with van der Waals surface area (Å²) in [6.07, 6.45) is 7.05. The molecule has 0 aromatic rings. The molecule has 22 heavy (non-hydrogen) atoms. The number of piperidine rings is 1. The lowest BCUT2D eigenvalue weighted by Gasteiger charge is -2.42. The van der Waals surface area contributed by atoms with Crippen molar-refractivity contribution in [1.82, 2.24) is 10.2 Å². The zero-order valence-electron chi connectivity index (χ0n) is 13.0. The van der Waals surface area contributed by atoms with E-state index >= 15 is 0 Å². The Hall–Kier alpha value is -0.750. The molecule has 1 heterocycles. The molecule has 0 aromatic carbocycles. The summed E-state index contributed by atoms with van der Waals surface area (Å²) < 4.78 is 28.1. The normalized spacial score (nSPS) is 27.6. The van der Waals surface area contributed by atoms with Crippen LogP contribution in [0.3, 0.4) is 0 Å². The van der Waals surface area contributed by atoms with E-state index in [1.54, 1.807) is 0 Å². The van der Waals surface area contributed by atoms with Crippen molar-refractivity contribution in [3.63, 3.8) is 0 Å². The summed E-state index contributed by atoms with van der Waals surface area (Å²) in [6.45, 7) is 1.73. The molecule has 0 unspecified atom stereocenters. The second-order valence-electron chi connectivity index (χ2n) is 7.18. The fourth-order valence-electron chi connectivity index (χ4n) is 3.99. The van der Waals surface area contributed by atoms with Crippen LogP contribution in [0.5, 0.6) is 0 Å². The number of hydrogen-bond acceptors (Lipinski definition) is 3. The van der Waals surface area contributed by atoms with Crippen LogP contribution in [-0.2, 0) is 4.79 Å². The van der Waals surface area contributed by atoms with Gasteiger partial charge >= 0.3 is 5.92 Å². The second-order valence-corrected chi connectivity index (χ2v) is 7.18. The van der Waals surface area contributed by atoms with Gasteiger partial charge in [0.2, 0.25) is 0 Å². The van der Waals surface area contributed by atoms with E-state index in [0.29, 0.717) is 12.5 Å². The van der Waals surface area contributed by atoms with Gasteiger partial charge in [0.1, 0.15) is 5.60 Å². The van der Waals surface area contributed by atoms with Gasteiger partial charge in [-0.25, -0.2) is 0 Å². The highest BCUT2D eigenvalue weighted by Gasteiger charge is 2.61. The molecule has 6 heteroatoms. The minimum atomic E-state index is -3.67. The molecular weight excluding hydrogens is 290 g/mol. The van der Waals surface area contributed by atoms with Crippen molar-refractivity contribution >= 4 is 5.91 Å². The van der Waals surface area contributed by atoms with Crippen molar-refractivity contribution in [3.05, 3.63) is 0 Å². The summed E-state index contributed by atoms with van der Waals surface area (Å²) in [5.74, 6) is -4.97. The maximum absolute atomic E-state index is 14.1. The third-order valence-corrected chi connectivity index (χ3v) is 5.76. The highest BCUT2D eigenvalue weighted by Crippen LogP contribution is 2.44. The first kappa shape index (κ1) is 16.1. The first-order chi connectivity index (χ1) is 10.4.